The Hall–Kier alpha value is -1.92. The highest BCUT2D eigenvalue weighted by Crippen LogP contribution is 2.43. The van der Waals surface area contributed by atoms with Gasteiger partial charge >= 0.3 is 0 Å². The third kappa shape index (κ3) is 3.76. The SMILES string of the molecule is CC(NC(=O)c1ccc(C2SCCCS2)cc1)c1nc2ccccc2[nH]1. The lowest BCUT2D eigenvalue weighted by Gasteiger charge is -2.21. The molecular weight excluding hydrogens is 362 g/mol. The van der Waals surface area contributed by atoms with Crippen LogP contribution in [0.5, 0.6) is 0 Å². The van der Waals surface area contributed by atoms with Crippen LogP contribution in [0.1, 0.15) is 45.7 Å². The molecule has 26 heavy (non-hydrogen) atoms. The Morgan fingerprint density at radius 2 is 1.88 bits per heavy atom. The Labute approximate surface area is 161 Å². The first-order valence-corrected chi connectivity index (χ1v) is 10.9. The van der Waals surface area contributed by atoms with Gasteiger partial charge in [0.2, 0.25) is 0 Å². The van der Waals surface area contributed by atoms with Crippen LogP contribution in [0, 0.1) is 0 Å². The third-order valence-electron chi connectivity index (χ3n) is 4.44. The van der Waals surface area contributed by atoms with Crippen molar-refractivity contribution in [2.24, 2.45) is 0 Å². The summed E-state index contributed by atoms with van der Waals surface area (Å²) in [6, 6.07) is 15.7. The van der Waals surface area contributed by atoms with E-state index in [1.807, 2.05) is 66.8 Å². The average molecular weight is 384 g/mol. The average Bonchev–Trinajstić information content (AvgIpc) is 3.13. The Balaban J connectivity index is 1.43. The number of aromatic nitrogens is 2. The molecular formula is C20H21N3OS2. The first kappa shape index (κ1) is 17.5. The number of para-hydroxylation sites is 2. The maximum Gasteiger partial charge on any atom is 0.251 e. The molecule has 0 radical (unpaired) electrons. The zero-order chi connectivity index (χ0) is 17.9. The van der Waals surface area contributed by atoms with E-state index in [0.29, 0.717) is 10.1 Å². The molecule has 2 heterocycles. The van der Waals surface area contributed by atoms with Crippen LogP contribution < -0.4 is 5.32 Å². The molecule has 1 aliphatic heterocycles. The van der Waals surface area contributed by atoms with Crippen molar-refractivity contribution in [3.05, 3.63) is 65.5 Å². The molecule has 1 aliphatic rings. The lowest BCUT2D eigenvalue weighted by molar-refractivity contribution is 0.0938. The van der Waals surface area contributed by atoms with Crippen molar-refractivity contribution in [1.29, 1.82) is 0 Å². The highest BCUT2D eigenvalue weighted by molar-refractivity contribution is 8.16. The molecule has 3 aromatic rings. The fourth-order valence-corrected chi connectivity index (χ4v) is 5.89. The van der Waals surface area contributed by atoms with Gasteiger partial charge in [-0.3, -0.25) is 4.79 Å². The van der Waals surface area contributed by atoms with E-state index in [0.717, 1.165) is 16.9 Å². The number of imidazole rings is 1. The van der Waals surface area contributed by atoms with Gasteiger partial charge in [-0.25, -0.2) is 4.98 Å². The zero-order valence-electron chi connectivity index (χ0n) is 14.6. The second kappa shape index (κ2) is 7.76. The fraction of sp³-hybridized carbons (Fsp3) is 0.300. The number of aromatic amines is 1. The third-order valence-corrected chi connectivity index (χ3v) is 7.45. The molecule has 6 heteroatoms. The van der Waals surface area contributed by atoms with E-state index < -0.39 is 0 Å². The number of rotatable bonds is 4. The molecule has 1 saturated heterocycles. The number of fused-ring (bicyclic) bond motifs is 1. The van der Waals surface area contributed by atoms with Gasteiger partial charge in [0.15, 0.2) is 0 Å². The molecule has 1 unspecified atom stereocenters. The minimum Gasteiger partial charge on any atom is -0.342 e. The lowest BCUT2D eigenvalue weighted by atomic mass is 10.1. The van der Waals surface area contributed by atoms with Crippen LogP contribution in [-0.2, 0) is 0 Å². The molecule has 0 saturated carbocycles. The van der Waals surface area contributed by atoms with Crippen LogP contribution >= 0.6 is 23.5 Å². The van der Waals surface area contributed by atoms with E-state index >= 15 is 0 Å². The van der Waals surface area contributed by atoms with Gasteiger partial charge in [0.05, 0.1) is 21.7 Å². The van der Waals surface area contributed by atoms with Crippen molar-refractivity contribution in [2.45, 2.75) is 24.0 Å². The van der Waals surface area contributed by atoms with Crippen LogP contribution in [0.2, 0.25) is 0 Å². The summed E-state index contributed by atoms with van der Waals surface area (Å²) in [6.07, 6.45) is 1.28. The molecule has 0 aliphatic carbocycles. The van der Waals surface area contributed by atoms with Crippen LogP contribution in [0.4, 0.5) is 0 Å². The highest BCUT2D eigenvalue weighted by atomic mass is 32.2. The molecule has 4 nitrogen and oxygen atoms in total. The summed E-state index contributed by atoms with van der Waals surface area (Å²) < 4.78 is 0.496. The van der Waals surface area contributed by atoms with E-state index in [2.05, 4.69) is 27.4 Å². The smallest absolute Gasteiger partial charge is 0.251 e. The molecule has 1 aromatic heterocycles. The van der Waals surface area contributed by atoms with Crippen molar-refractivity contribution < 1.29 is 4.79 Å². The van der Waals surface area contributed by atoms with E-state index in [4.69, 9.17) is 0 Å². The number of carbonyl (C=O) groups excluding carboxylic acids is 1. The van der Waals surface area contributed by atoms with Gasteiger partial charge in [-0.05, 0) is 54.7 Å². The molecule has 1 amide bonds. The monoisotopic (exact) mass is 383 g/mol. The highest BCUT2D eigenvalue weighted by Gasteiger charge is 2.18. The number of thioether (sulfide) groups is 2. The largest absolute Gasteiger partial charge is 0.342 e. The maximum absolute atomic E-state index is 12.6. The summed E-state index contributed by atoms with van der Waals surface area (Å²) in [5.41, 5.74) is 3.87. The maximum atomic E-state index is 12.6. The summed E-state index contributed by atoms with van der Waals surface area (Å²) in [5.74, 6) is 3.13. The van der Waals surface area contributed by atoms with Crippen molar-refractivity contribution in [1.82, 2.24) is 15.3 Å². The van der Waals surface area contributed by atoms with Gasteiger partial charge in [0, 0.05) is 5.56 Å². The number of amides is 1. The summed E-state index contributed by atoms with van der Waals surface area (Å²) >= 11 is 3.98. The molecule has 134 valence electrons. The first-order chi connectivity index (χ1) is 12.7. The minimum absolute atomic E-state index is 0.0755. The normalized spacial score (nSPS) is 16.5. The van der Waals surface area contributed by atoms with Gasteiger partial charge < -0.3 is 10.3 Å². The summed E-state index contributed by atoms with van der Waals surface area (Å²) in [7, 11) is 0. The molecule has 2 aromatic carbocycles. The van der Waals surface area contributed by atoms with Gasteiger partial charge in [-0.15, -0.1) is 23.5 Å². The molecule has 1 fully saturated rings. The molecule has 0 spiro atoms. The van der Waals surface area contributed by atoms with Gasteiger partial charge in [-0.1, -0.05) is 24.3 Å². The Morgan fingerprint density at radius 1 is 1.15 bits per heavy atom. The van der Waals surface area contributed by atoms with E-state index in [-0.39, 0.29) is 11.9 Å². The van der Waals surface area contributed by atoms with Gasteiger partial charge in [0.1, 0.15) is 5.82 Å². The standard InChI is InChI=1S/C20H21N3OS2/c1-13(18-22-16-5-2-3-6-17(16)23-18)21-19(24)14-7-9-15(10-8-14)20-25-11-4-12-26-20/h2-3,5-10,13,20H,4,11-12H2,1H3,(H,21,24)(H,22,23). The van der Waals surface area contributed by atoms with E-state index in [1.54, 1.807) is 0 Å². The Morgan fingerprint density at radius 3 is 2.62 bits per heavy atom. The Bertz CT molecular complexity index is 868. The number of nitrogens with zero attached hydrogens (tertiary/aromatic N) is 1. The molecule has 1 atom stereocenters. The quantitative estimate of drug-likeness (QED) is 0.671. The van der Waals surface area contributed by atoms with Gasteiger partial charge in [-0.2, -0.15) is 0 Å². The Kier molecular flexibility index (Phi) is 5.22. The summed E-state index contributed by atoms with van der Waals surface area (Å²) in [5, 5.41) is 3.03. The first-order valence-electron chi connectivity index (χ1n) is 8.79. The zero-order valence-corrected chi connectivity index (χ0v) is 16.2. The van der Waals surface area contributed by atoms with Crippen molar-refractivity contribution in [3.63, 3.8) is 0 Å². The second-order valence-electron chi connectivity index (χ2n) is 6.38. The number of nitrogens with one attached hydrogen (secondary N) is 2. The second-order valence-corrected chi connectivity index (χ2v) is 9.11. The summed E-state index contributed by atoms with van der Waals surface area (Å²) in [6.45, 7) is 1.94. The molecule has 0 bridgehead atoms. The predicted octanol–water partition coefficient (Wildman–Crippen LogP) is 4.92. The van der Waals surface area contributed by atoms with Crippen LogP contribution in [0.3, 0.4) is 0 Å². The number of H-pyrrole nitrogens is 1. The van der Waals surface area contributed by atoms with Crippen molar-refractivity contribution in [2.75, 3.05) is 11.5 Å². The predicted molar refractivity (Wildman–Crippen MR) is 111 cm³/mol. The number of carbonyl (C=O) groups is 1. The number of hydrogen-bond donors (Lipinski definition) is 2. The van der Waals surface area contributed by atoms with Crippen molar-refractivity contribution in [3.8, 4) is 0 Å². The number of benzene rings is 2. The topological polar surface area (TPSA) is 57.8 Å². The molecule has 4 rings (SSSR count). The van der Waals surface area contributed by atoms with E-state index in [1.165, 1.54) is 23.5 Å². The van der Waals surface area contributed by atoms with Crippen LogP contribution in [0.25, 0.3) is 11.0 Å². The number of hydrogen-bond acceptors (Lipinski definition) is 4. The van der Waals surface area contributed by atoms with Crippen LogP contribution in [-0.4, -0.2) is 27.4 Å². The fourth-order valence-electron chi connectivity index (χ4n) is 3.00. The lowest BCUT2D eigenvalue weighted by Crippen LogP contribution is -2.27. The van der Waals surface area contributed by atoms with Gasteiger partial charge in [0.25, 0.3) is 5.91 Å². The van der Waals surface area contributed by atoms with E-state index in [9.17, 15) is 4.79 Å². The van der Waals surface area contributed by atoms with Crippen LogP contribution in [0.15, 0.2) is 48.5 Å². The summed E-state index contributed by atoms with van der Waals surface area (Å²) in [4.78, 5) is 20.4. The van der Waals surface area contributed by atoms with Crippen molar-refractivity contribution >= 4 is 40.5 Å². The minimum atomic E-state index is -0.181. The molecule has 2 N–H and O–H groups in total.